The molecule has 5 rings (SSSR count). The van der Waals surface area contributed by atoms with E-state index >= 15 is 4.39 Å². The van der Waals surface area contributed by atoms with Crippen molar-refractivity contribution < 1.29 is 5.82 Å². The molecule has 1 aliphatic heterocycles. The van der Waals surface area contributed by atoms with E-state index in [-0.39, 0.29) is 7.24 Å². The predicted molar refractivity (Wildman–Crippen MR) is 166 cm³/mol. The second-order valence-corrected chi connectivity index (χ2v) is 11.5. The van der Waals surface area contributed by atoms with Crippen LogP contribution in [0.15, 0.2) is 87.7 Å². The minimum Gasteiger partial charge on any atom is -0.304 e. The van der Waals surface area contributed by atoms with E-state index in [2.05, 4.69) is 91.4 Å². The summed E-state index contributed by atoms with van der Waals surface area (Å²) in [6.45, 7) is 10.0. The van der Waals surface area contributed by atoms with Crippen LogP contribution in [0.3, 0.4) is 0 Å². The van der Waals surface area contributed by atoms with Gasteiger partial charge in [-0.25, -0.2) is 4.39 Å². The fraction of sp³-hybridized carbons (Fsp3) is 0.417. The molecule has 0 saturated carbocycles. The van der Waals surface area contributed by atoms with Gasteiger partial charge < -0.3 is 4.90 Å². The van der Waals surface area contributed by atoms with Gasteiger partial charge in [0.15, 0.2) is 0 Å². The molecule has 1 atom stereocenters. The summed E-state index contributed by atoms with van der Waals surface area (Å²) < 4.78 is 15.6. The van der Waals surface area contributed by atoms with E-state index in [0.29, 0.717) is 17.2 Å². The van der Waals surface area contributed by atoms with Gasteiger partial charge in [-0.2, -0.15) is 0 Å². The normalized spacial score (nSPS) is 22.7. The van der Waals surface area contributed by atoms with E-state index in [4.69, 9.17) is 0 Å². The van der Waals surface area contributed by atoms with Gasteiger partial charge in [0.25, 0.3) is 0 Å². The van der Waals surface area contributed by atoms with Crippen molar-refractivity contribution in [2.24, 2.45) is 10.9 Å². The van der Waals surface area contributed by atoms with Crippen LogP contribution in [0.4, 0.5) is 4.39 Å². The molecular weight excluding hydrogens is 479 g/mol. The number of allylic oxidation sites excluding steroid dienone is 7. The molecular formula is C36H44FN2. The number of fused-ring (bicyclic) bond motifs is 1. The first-order chi connectivity index (χ1) is 18.9. The summed E-state index contributed by atoms with van der Waals surface area (Å²) in [6.07, 6.45) is 17.3. The molecule has 0 N–H and O–H groups in total. The van der Waals surface area contributed by atoms with E-state index in [1.807, 2.05) is 7.05 Å². The zero-order chi connectivity index (χ0) is 27.4. The van der Waals surface area contributed by atoms with Crippen molar-refractivity contribution in [1.29, 1.82) is 0 Å². The van der Waals surface area contributed by atoms with Crippen LogP contribution in [-0.4, -0.2) is 37.3 Å². The van der Waals surface area contributed by atoms with Crippen LogP contribution in [0.1, 0.15) is 77.8 Å². The Bertz CT molecular complexity index is 1410. The number of aliphatic imine (C=N–C) groups is 1. The third-order valence-corrected chi connectivity index (χ3v) is 8.63. The van der Waals surface area contributed by atoms with Crippen molar-refractivity contribution in [1.82, 2.24) is 4.90 Å². The molecule has 2 aliphatic carbocycles. The summed E-state index contributed by atoms with van der Waals surface area (Å²) in [6, 6.07) is 10.2. The first-order valence-corrected chi connectivity index (χ1v) is 14.7. The summed E-state index contributed by atoms with van der Waals surface area (Å²) in [5.41, 5.74) is 11.7. The fourth-order valence-corrected chi connectivity index (χ4v) is 6.05. The Hall–Kier alpha value is -3.00. The highest BCUT2D eigenvalue weighted by Gasteiger charge is 2.21. The lowest BCUT2D eigenvalue weighted by Gasteiger charge is -2.31. The smallest absolute Gasteiger partial charge is 0.131 e. The first kappa shape index (κ1) is 27.6. The van der Waals surface area contributed by atoms with Crippen LogP contribution in [-0.2, 0) is 0 Å². The maximum Gasteiger partial charge on any atom is 0.131 e. The van der Waals surface area contributed by atoms with Gasteiger partial charge in [-0.3, -0.25) is 4.99 Å². The van der Waals surface area contributed by atoms with Gasteiger partial charge in [-0.15, -0.1) is 5.73 Å². The highest BCUT2D eigenvalue weighted by atomic mass is 19.1. The third-order valence-electron chi connectivity index (χ3n) is 8.63. The molecule has 2 aromatic rings. The van der Waals surface area contributed by atoms with Crippen molar-refractivity contribution in [3.63, 3.8) is 0 Å². The Balaban J connectivity index is 0.00000370. The molecule has 2 aromatic carbocycles. The summed E-state index contributed by atoms with van der Waals surface area (Å²) in [7, 11) is 1.81. The predicted octanol–water partition coefficient (Wildman–Crippen LogP) is 9.15. The van der Waals surface area contributed by atoms with Crippen LogP contribution >= 0.6 is 0 Å². The quantitative estimate of drug-likeness (QED) is 0.249. The molecule has 0 bridgehead atoms. The van der Waals surface area contributed by atoms with Gasteiger partial charge in [0.1, 0.15) is 5.82 Å². The average molecular weight is 524 g/mol. The zero-order valence-corrected chi connectivity index (χ0v) is 24.1. The number of benzene rings is 2. The van der Waals surface area contributed by atoms with Crippen LogP contribution in [0.2, 0.25) is 0 Å². The number of likely N-dealkylation sites (tertiary alicyclic amines) is 1. The minimum atomic E-state index is -0.163. The summed E-state index contributed by atoms with van der Waals surface area (Å²) in [4.78, 5) is 7.14. The molecule has 1 fully saturated rings. The molecule has 0 amide bonds. The number of piperidine rings is 1. The van der Waals surface area contributed by atoms with Gasteiger partial charge in [-0.1, -0.05) is 43.7 Å². The molecule has 39 heavy (non-hydrogen) atoms. The molecule has 1 radical (unpaired) electrons. The lowest BCUT2D eigenvalue weighted by Crippen LogP contribution is -2.32. The molecule has 2 nitrogen and oxygen atoms in total. The summed E-state index contributed by atoms with van der Waals surface area (Å²) >= 11 is 0. The molecule has 3 aliphatic rings. The molecule has 1 unspecified atom stereocenters. The van der Waals surface area contributed by atoms with E-state index < -0.39 is 0 Å². The molecule has 0 aromatic heterocycles. The summed E-state index contributed by atoms with van der Waals surface area (Å²) in [5.74, 6) is 0.889. The van der Waals surface area contributed by atoms with Crippen molar-refractivity contribution in [2.75, 3.05) is 26.7 Å². The fourth-order valence-electron chi connectivity index (χ4n) is 6.05. The molecule has 1 heterocycles. The van der Waals surface area contributed by atoms with Crippen LogP contribution in [0.5, 0.6) is 0 Å². The second kappa shape index (κ2) is 12.5. The Kier molecular flexibility index (Phi) is 8.80. The van der Waals surface area contributed by atoms with Gasteiger partial charge in [-0.05, 0) is 135 Å². The standard InChI is InChI=1S/C36H42FN2.H2/c1-5-39-18-16-29(17-19-39)30-14-15-32-21-33(23-35(37)34(32)22-30)36(38-4)24-31(13-10-27-8-9-27)28-11-6-25(2)20-26(3)7-12-28;/h6,8-9,14-15,20-24,26,29H,5,7,10,12-13,16-19H2,1-4H3;1H/b25-20-,31-24-,38-36?;. The third kappa shape index (κ3) is 6.96. The highest BCUT2D eigenvalue weighted by molar-refractivity contribution is 6.11. The van der Waals surface area contributed by atoms with E-state index in [9.17, 15) is 0 Å². The number of halogens is 1. The lowest BCUT2D eigenvalue weighted by atomic mass is 9.87. The SMILES string of the molecule is CCN1CCC(c2ccc3cc(C(/C=C(/CCC4=C[CH]4)C4=C=C/C(C)=C\C(C)CC4)=NC)cc(F)c3c2)CC1.[HH]. The number of rotatable bonds is 8. The van der Waals surface area contributed by atoms with Crippen LogP contribution in [0.25, 0.3) is 10.8 Å². The van der Waals surface area contributed by atoms with Gasteiger partial charge in [0.2, 0.25) is 0 Å². The minimum absolute atomic E-state index is 0. The molecule has 0 spiro atoms. The molecule has 205 valence electrons. The van der Waals surface area contributed by atoms with Crippen molar-refractivity contribution >= 4 is 16.5 Å². The average Bonchev–Trinajstić information content (AvgIpc) is 3.77. The van der Waals surface area contributed by atoms with E-state index in [1.54, 1.807) is 6.07 Å². The Morgan fingerprint density at radius 2 is 1.97 bits per heavy atom. The Morgan fingerprint density at radius 3 is 2.69 bits per heavy atom. The van der Waals surface area contributed by atoms with Gasteiger partial charge >= 0.3 is 0 Å². The Morgan fingerprint density at radius 1 is 1.18 bits per heavy atom. The van der Waals surface area contributed by atoms with E-state index in [1.165, 1.54) is 27.9 Å². The monoisotopic (exact) mass is 523 g/mol. The maximum atomic E-state index is 15.6. The first-order valence-electron chi connectivity index (χ1n) is 14.7. The van der Waals surface area contributed by atoms with Crippen molar-refractivity contribution in [3.05, 3.63) is 106 Å². The van der Waals surface area contributed by atoms with Gasteiger partial charge in [0.05, 0.1) is 5.71 Å². The van der Waals surface area contributed by atoms with Crippen LogP contribution in [0, 0.1) is 18.2 Å². The topological polar surface area (TPSA) is 15.6 Å². The summed E-state index contributed by atoms with van der Waals surface area (Å²) in [5, 5.41) is 1.65. The zero-order valence-electron chi connectivity index (χ0n) is 24.1. The maximum absolute atomic E-state index is 15.6. The molecule has 3 heteroatoms. The number of hydrogen-bond donors (Lipinski definition) is 0. The lowest BCUT2D eigenvalue weighted by molar-refractivity contribution is 0.222. The molecule has 1 saturated heterocycles. The highest BCUT2D eigenvalue weighted by Crippen LogP contribution is 2.33. The van der Waals surface area contributed by atoms with Crippen molar-refractivity contribution in [2.45, 2.75) is 65.2 Å². The largest absolute Gasteiger partial charge is 0.304 e. The van der Waals surface area contributed by atoms with E-state index in [0.717, 1.165) is 74.8 Å². The van der Waals surface area contributed by atoms with Gasteiger partial charge in [0, 0.05) is 25.8 Å². The van der Waals surface area contributed by atoms with Crippen LogP contribution < -0.4 is 0 Å². The Labute approximate surface area is 235 Å². The number of nitrogens with zero attached hydrogens (tertiary/aromatic N) is 2. The second-order valence-electron chi connectivity index (χ2n) is 11.5. The number of hydrogen-bond acceptors (Lipinski definition) is 2. The van der Waals surface area contributed by atoms with Crippen molar-refractivity contribution in [3.8, 4) is 0 Å².